The van der Waals surface area contributed by atoms with Crippen LogP contribution in [0, 0.1) is 5.82 Å². The second-order valence-corrected chi connectivity index (χ2v) is 4.35. The maximum atomic E-state index is 13.7. The molecule has 0 aliphatic carbocycles. The van der Waals surface area contributed by atoms with Gasteiger partial charge in [-0.25, -0.2) is 4.39 Å². The van der Waals surface area contributed by atoms with E-state index in [1.807, 2.05) is 0 Å². The van der Waals surface area contributed by atoms with Gasteiger partial charge in [-0.3, -0.25) is 4.79 Å². The number of nitrogen functional groups attached to an aromatic ring is 1. The fourth-order valence-corrected chi connectivity index (χ4v) is 1.77. The molecule has 0 bridgehead atoms. The number of anilines is 3. The summed E-state index contributed by atoms with van der Waals surface area (Å²) >= 11 is 5.66. The average molecular weight is 280 g/mol. The lowest BCUT2D eigenvalue weighted by Crippen LogP contribution is -2.13. The summed E-state index contributed by atoms with van der Waals surface area (Å²) in [5.41, 5.74) is 12.1. The monoisotopic (exact) mass is 279 g/mol. The Morgan fingerprint density at radius 2 is 1.89 bits per heavy atom. The van der Waals surface area contributed by atoms with Crippen molar-refractivity contribution in [1.29, 1.82) is 0 Å². The van der Waals surface area contributed by atoms with Crippen LogP contribution in [0.4, 0.5) is 21.5 Å². The molecule has 0 radical (unpaired) electrons. The fourth-order valence-electron chi connectivity index (χ4n) is 1.62. The molecule has 19 heavy (non-hydrogen) atoms. The number of hydrogen-bond acceptors (Lipinski definition) is 3. The van der Waals surface area contributed by atoms with Gasteiger partial charge in [0.2, 0.25) is 0 Å². The maximum Gasteiger partial charge on any atom is 0.250 e. The SMILES string of the molecule is NC(=O)c1ccc(N)cc1Nc1ccc(Cl)cc1F. The summed E-state index contributed by atoms with van der Waals surface area (Å²) < 4.78 is 13.7. The van der Waals surface area contributed by atoms with Crippen molar-refractivity contribution in [3.05, 3.63) is 52.8 Å². The lowest BCUT2D eigenvalue weighted by molar-refractivity contribution is 0.100. The van der Waals surface area contributed by atoms with Crippen LogP contribution < -0.4 is 16.8 Å². The Morgan fingerprint density at radius 3 is 2.53 bits per heavy atom. The molecular formula is C13H11ClFN3O. The number of benzene rings is 2. The summed E-state index contributed by atoms with van der Waals surface area (Å²) in [6.45, 7) is 0. The van der Waals surface area contributed by atoms with Crippen molar-refractivity contribution >= 4 is 34.6 Å². The van der Waals surface area contributed by atoms with Crippen LogP contribution in [-0.4, -0.2) is 5.91 Å². The Balaban J connectivity index is 2.42. The van der Waals surface area contributed by atoms with Gasteiger partial charge >= 0.3 is 0 Å². The van der Waals surface area contributed by atoms with Crippen molar-refractivity contribution in [3.63, 3.8) is 0 Å². The van der Waals surface area contributed by atoms with Gasteiger partial charge in [0.15, 0.2) is 0 Å². The van der Waals surface area contributed by atoms with E-state index in [2.05, 4.69) is 5.32 Å². The smallest absolute Gasteiger partial charge is 0.250 e. The molecule has 0 spiro atoms. The van der Waals surface area contributed by atoms with Gasteiger partial charge < -0.3 is 16.8 Å². The lowest BCUT2D eigenvalue weighted by Gasteiger charge is -2.11. The second-order valence-electron chi connectivity index (χ2n) is 3.92. The normalized spacial score (nSPS) is 10.2. The van der Waals surface area contributed by atoms with Gasteiger partial charge in [0.05, 0.1) is 16.9 Å². The minimum absolute atomic E-state index is 0.178. The molecule has 0 atom stereocenters. The Labute approximate surface area is 114 Å². The average Bonchev–Trinajstić information content (AvgIpc) is 2.32. The standard InChI is InChI=1S/C13H11ClFN3O/c14-7-1-4-11(10(15)5-7)18-12-6-8(16)2-3-9(12)13(17)19/h1-6,18H,16H2,(H2,17,19). The first-order valence-corrected chi connectivity index (χ1v) is 5.76. The molecule has 0 fully saturated rings. The van der Waals surface area contributed by atoms with Crippen molar-refractivity contribution in [2.75, 3.05) is 11.1 Å². The van der Waals surface area contributed by atoms with Crippen molar-refractivity contribution in [1.82, 2.24) is 0 Å². The third kappa shape index (κ3) is 2.95. The summed E-state index contributed by atoms with van der Waals surface area (Å²) in [5.74, 6) is -1.16. The summed E-state index contributed by atoms with van der Waals surface area (Å²) in [6.07, 6.45) is 0. The lowest BCUT2D eigenvalue weighted by atomic mass is 10.1. The zero-order chi connectivity index (χ0) is 14.0. The van der Waals surface area contributed by atoms with Crippen LogP contribution in [0.25, 0.3) is 0 Å². The first kappa shape index (κ1) is 13.2. The van der Waals surface area contributed by atoms with Crippen LogP contribution >= 0.6 is 11.6 Å². The molecule has 4 nitrogen and oxygen atoms in total. The quantitative estimate of drug-likeness (QED) is 0.756. The van der Waals surface area contributed by atoms with Crippen molar-refractivity contribution in [3.8, 4) is 0 Å². The Kier molecular flexibility index (Phi) is 3.57. The Hall–Kier alpha value is -2.27. The van der Waals surface area contributed by atoms with E-state index in [9.17, 15) is 9.18 Å². The molecule has 2 aromatic carbocycles. The molecule has 0 aliphatic heterocycles. The zero-order valence-corrected chi connectivity index (χ0v) is 10.5. The van der Waals surface area contributed by atoms with Crippen LogP contribution in [0.2, 0.25) is 5.02 Å². The van der Waals surface area contributed by atoms with E-state index in [1.165, 1.54) is 30.3 Å². The molecule has 2 rings (SSSR count). The van der Waals surface area contributed by atoms with Gasteiger partial charge in [-0.15, -0.1) is 0 Å². The van der Waals surface area contributed by atoms with Crippen LogP contribution in [0.15, 0.2) is 36.4 Å². The number of primary amides is 1. The highest BCUT2D eigenvalue weighted by Crippen LogP contribution is 2.26. The molecule has 2 aromatic rings. The summed E-state index contributed by atoms with van der Waals surface area (Å²) in [6, 6.07) is 8.69. The molecule has 1 amide bonds. The summed E-state index contributed by atoms with van der Waals surface area (Å²) in [5, 5.41) is 3.06. The predicted octanol–water partition coefficient (Wildman–Crippen LogP) is 2.90. The molecule has 0 saturated heterocycles. The van der Waals surface area contributed by atoms with Crippen LogP contribution in [0.1, 0.15) is 10.4 Å². The number of halogens is 2. The number of nitrogens with two attached hydrogens (primary N) is 2. The summed E-state index contributed by atoms with van der Waals surface area (Å²) in [4.78, 5) is 11.3. The first-order valence-electron chi connectivity index (χ1n) is 5.39. The molecule has 5 N–H and O–H groups in total. The van der Waals surface area contributed by atoms with E-state index < -0.39 is 11.7 Å². The Morgan fingerprint density at radius 1 is 1.16 bits per heavy atom. The molecule has 6 heteroatoms. The highest BCUT2D eigenvalue weighted by molar-refractivity contribution is 6.30. The molecule has 0 saturated carbocycles. The minimum Gasteiger partial charge on any atom is -0.399 e. The number of carbonyl (C=O) groups is 1. The molecule has 0 heterocycles. The second kappa shape index (κ2) is 5.16. The van der Waals surface area contributed by atoms with Gasteiger partial charge in [0.25, 0.3) is 5.91 Å². The largest absolute Gasteiger partial charge is 0.399 e. The molecule has 0 unspecified atom stereocenters. The van der Waals surface area contributed by atoms with Gasteiger partial charge in [0, 0.05) is 10.7 Å². The third-order valence-electron chi connectivity index (χ3n) is 2.51. The van der Waals surface area contributed by atoms with Crippen LogP contribution in [0.5, 0.6) is 0 Å². The molecular weight excluding hydrogens is 269 g/mol. The van der Waals surface area contributed by atoms with Crippen molar-refractivity contribution in [2.45, 2.75) is 0 Å². The van der Waals surface area contributed by atoms with Gasteiger partial charge in [-0.2, -0.15) is 0 Å². The highest BCUT2D eigenvalue weighted by atomic mass is 35.5. The first-order chi connectivity index (χ1) is 8.97. The minimum atomic E-state index is -0.628. The molecule has 98 valence electrons. The van der Waals surface area contributed by atoms with E-state index in [-0.39, 0.29) is 16.3 Å². The van der Waals surface area contributed by atoms with Crippen molar-refractivity contribution in [2.24, 2.45) is 5.73 Å². The van der Waals surface area contributed by atoms with E-state index in [1.54, 1.807) is 6.07 Å². The number of amides is 1. The highest BCUT2D eigenvalue weighted by Gasteiger charge is 2.11. The topological polar surface area (TPSA) is 81.1 Å². The van der Waals surface area contributed by atoms with Crippen molar-refractivity contribution < 1.29 is 9.18 Å². The van der Waals surface area contributed by atoms with Gasteiger partial charge in [0.1, 0.15) is 5.82 Å². The molecule has 0 aliphatic rings. The number of rotatable bonds is 3. The van der Waals surface area contributed by atoms with Crippen LogP contribution in [-0.2, 0) is 0 Å². The number of carbonyl (C=O) groups excluding carboxylic acids is 1. The van der Waals surface area contributed by atoms with E-state index >= 15 is 0 Å². The summed E-state index contributed by atoms with van der Waals surface area (Å²) in [7, 11) is 0. The molecule has 0 aromatic heterocycles. The van der Waals surface area contributed by atoms with E-state index in [0.29, 0.717) is 11.4 Å². The van der Waals surface area contributed by atoms with E-state index in [4.69, 9.17) is 23.1 Å². The Bertz CT molecular complexity index is 646. The number of nitrogens with one attached hydrogen (secondary N) is 1. The van der Waals surface area contributed by atoms with E-state index in [0.717, 1.165) is 0 Å². The predicted molar refractivity (Wildman–Crippen MR) is 74.1 cm³/mol. The number of hydrogen-bond donors (Lipinski definition) is 3. The maximum absolute atomic E-state index is 13.7. The third-order valence-corrected chi connectivity index (χ3v) is 2.74. The zero-order valence-electron chi connectivity index (χ0n) is 9.78. The van der Waals surface area contributed by atoms with Gasteiger partial charge in [-0.1, -0.05) is 11.6 Å². The van der Waals surface area contributed by atoms with Gasteiger partial charge in [-0.05, 0) is 36.4 Å². The van der Waals surface area contributed by atoms with Crippen LogP contribution in [0.3, 0.4) is 0 Å². The fraction of sp³-hybridized carbons (Fsp3) is 0.